The molecule has 9 heteroatoms. The number of amides is 3. The molecule has 0 spiro atoms. The van der Waals surface area contributed by atoms with E-state index in [0.717, 1.165) is 4.90 Å². The van der Waals surface area contributed by atoms with Crippen LogP contribution in [0.25, 0.3) is 6.08 Å². The highest BCUT2D eigenvalue weighted by molar-refractivity contribution is 8.00. The molecule has 4 rings (SSSR count). The topological polar surface area (TPSA) is 114 Å². The number of methoxy groups -OCH3 is 1. The number of nitrogens with one attached hydrogen (secondary N) is 3. The Kier molecular flexibility index (Phi) is 10.3. The normalized spacial score (nSPS) is 10.9. The quantitative estimate of drug-likeness (QED) is 0.113. The Morgan fingerprint density at radius 3 is 2.19 bits per heavy atom. The molecule has 3 amide bonds. The Morgan fingerprint density at radius 1 is 0.762 bits per heavy atom. The Bertz CT molecular complexity index is 1620. The summed E-state index contributed by atoms with van der Waals surface area (Å²) in [5, 5.41) is 8.36. The van der Waals surface area contributed by atoms with E-state index in [1.165, 1.54) is 25.8 Å². The van der Waals surface area contributed by atoms with Gasteiger partial charge in [-0.05, 0) is 73.7 Å². The van der Waals surface area contributed by atoms with Gasteiger partial charge in [0.1, 0.15) is 11.4 Å². The number of carbonyl (C=O) groups excluding carboxylic acids is 4. The van der Waals surface area contributed by atoms with Gasteiger partial charge in [0.05, 0.1) is 12.9 Å². The molecule has 0 fully saturated rings. The molecule has 0 bridgehead atoms. The number of Topliss-reactive ketones (excluding diaryl/α,β-unsaturated/α-hetero) is 1. The lowest BCUT2D eigenvalue weighted by Crippen LogP contribution is -2.30. The standard InChI is InChI=1S/C33H29N3O5S/c1-22(37)23-15-17-26(18-16-23)34-31(38)21-42-28-13-8-12-27(20-28)35-33(40)29(19-25-11-6-7-14-30(25)41-2)36-32(39)24-9-4-3-5-10-24/h3-20H,21H2,1-2H3,(H,34,38)(H,35,40)(H,36,39)/b29-19+. The minimum Gasteiger partial charge on any atom is -0.496 e. The molecule has 4 aromatic carbocycles. The highest BCUT2D eigenvalue weighted by Crippen LogP contribution is 2.24. The van der Waals surface area contributed by atoms with Gasteiger partial charge in [0.2, 0.25) is 5.91 Å². The Balaban J connectivity index is 1.45. The maximum atomic E-state index is 13.4. The Hall–Kier alpha value is -5.15. The van der Waals surface area contributed by atoms with Crippen LogP contribution in [0.2, 0.25) is 0 Å². The number of hydrogen-bond acceptors (Lipinski definition) is 6. The molecule has 0 saturated heterocycles. The van der Waals surface area contributed by atoms with Crippen LogP contribution < -0.4 is 20.7 Å². The number of thioether (sulfide) groups is 1. The number of para-hydroxylation sites is 1. The number of benzene rings is 4. The molecular weight excluding hydrogens is 550 g/mol. The molecule has 0 aliphatic rings. The van der Waals surface area contributed by atoms with Crippen LogP contribution >= 0.6 is 11.8 Å². The lowest BCUT2D eigenvalue weighted by Gasteiger charge is -2.13. The van der Waals surface area contributed by atoms with Crippen LogP contribution in [0.3, 0.4) is 0 Å². The molecular formula is C33H29N3O5S. The first-order chi connectivity index (χ1) is 20.3. The summed E-state index contributed by atoms with van der Waals surface area (Å²) in [7, 11) is 1.53. The largest absolute Gasteiger partial charge is 0.496 e. The molecule has 42 heavy (non-hydrogen) atoms. The molecule has 0 radical (unpaired) electrons. The first kappa shape index (κ1) is 29.8. The van der Waals surface area contributed by atoms with Crippen molar-refractivity contribution in [2.75, 3.05) is 23.5 Å². The molecule has 0 saturated carbocycles. The zero-order chi connectivity index (χ0) is 29.9. The van der Waals surface area contributed by atoms with Gasteiger partial charge >= 0.3 is 0 Å². The van der Waals surface area contributed by atoms with Crippen molar-refractivity contribution in [2.45, 2.75) is 11.8 Å². The number of hydrogen-bond donors (Lipinski definition) is 3. The Labute approximate surface area is 248 Å². The van der Waals surface area contributed by atoms with Crippen LogP contribution in [0.5, 0.6) is 5.75 Å². The molecule has 0 aliphatic carbocycles. The zero-order valence-electron chi connectivity index (χ0n) is 23.0. The van der Waals surface area contributed by atoms with Gasteiger partial charge in [-0.15, -0.1) is 11.8 Å². The maximum Gasteiger partial charge on any atom is 0.272 e. The van der Waals surface area contributed by atoms with Crippen molar-refractivity contribution in [3.8, 4) is 5.75 Å². The average Bonchev–Trinajstić information content (AvgIpc) is 3.00. The number of carbonyl (C=O) groups is 4. The fraction of sp³-hybridized carbons (Fsp3) is 0.0909. The van der Waals surface area contributed by atoms with Gasteiger partial charge < -0.3 is 20.7 Å². The molecule has 0 atom stereocenters. The SMILES string of the molecule is COc1ccccc1/C=C(/NC(=O)c1ccccc1)C(=O)Nc1cccc(SCC(=O)Nc2ccc(C(C)=O)cc2)c1. The zero-order valence-corrected chi connectivity index (χ0v) is 23.9. The summed E-state index contributed by atoms with van der Waals surface area (Å²) in [4.78, 5) is 51.0. The predicted octanol–water partition coefficient (Wildman–Crippen LogP) is 6.04. The summed E-state index contributed by atoms with van der Waals surface area (Å²) >= 11 is 1.30. The molecule has 8 nitrogen and oxygen atoms in total. The number of ether oxygens (including phenoxy) is 1. The van der Waals surface area contributed by atoms with Gasteiger partial charge in [-0.25, -0.2) is 0 Å². The first-order valence-corrected chi connectivity index (χ1v) is 14.0. The van der Waals surface area contributed by atoms with Gasteiger partial charge in [-0.3, -0.25) is 19.2 Å². The van der Waals surface area contributed by atoms with Crippen LogP contribution in [0.4, 0.5) is 11.4 Å². The van der Waals surface area contributed by atoms with E-state index in [9.17, 15) is 19.2 Å². The molecule has 0 aliphatic heterocycles. The van der Waals surface area contributed by atoms with E-state index in [-0.39, 0.29) is 23.1 Å². The van der Waals surface area contributed by atoms with Crippen molar-refractivity contribution in [2.24, 2.45) is 0 Å². The number of anilines is 2. The lowest BCUT2D eigenvalue weighted by molar-refractivity contribution is -0.114. The van der Waals surface area contributed by atoms with E-state index in [1.54, 1.807) is 97.1 Å². The van der Waals surface area contributed by atoms with E-state index < -0.39 is 11.8 Å². The summed E-state index contributed by atoms with van der Waals surface area (Å²) < 4.78 is 5.41. The summed E-state index contributed by atoms with van der Waals surface area (Å²) in [5.74, 6) is -0.537. The van der Waals surface area contributed by atoms with Crippen LogP contribution in [-0.2, 0) is 9.59 Å². The third-order valence-corrected chi connectivity index (χ3v) is 7.00. The van der Waals surface area contributed by atoms with E-state index in [0.29, 0.717) is 33.8 Å². The van der Waals surface area contributed by atoms with Crippen LogP contribution in [0, 0.1) is 0 Å². The van der Waals surface area contributed by atoms with E-state index in [2.05, 4.69) is 16.0 Å². The van der Waals surface area contributed by atoms with E-state index in [1.807, 2.05) is 12.1 Å². The third-order valence-electron chi connectivity index (χ3n) is 6.00. The van der Waals surface area contributed by atoms with Crippen molar-refractivity contribution >= 4 is 52.7 Å². The van der Waals surface area contributed by atoms with Crippen molar-refractivity contribution < 1.29 is 23.9 Å². The second-order valence-corrected chi connectivity index (χ2v) is 10.1. The van der Waals surface area contributed by atoms with Crippen molar-refractivity contribution in [1.29, 1.82) is 0 Å². The number of rotatable bonds is 11. The second-order valence-electron chi connectivity index (χ2n) is 9.07. The highest BCUT2D eigenvalue weighted by atomic mass is 32.2. The van der Waals surface area contributed by atoms with Gasteiger partial charge in [0, 0.05) is 33.0 Å². The van der Waals surface area contributed by atoms with Gasteiger partial charge in [0.25, 0.3) is 11.8 Å². The summed E-state index contributed by atoms with van der Waals surface area (Å²) in [6.45, 7) is 1.49. The lowest BCUT2D eigenvalue weighted by atomic mass is 10.1. The molecule has 212 valence electrons. The average molecular weight is 580 g/mol. The van der Waals surface area contributed by atoms with E-state index >= 15 is 0 Å². The fourth-order valence-corrected chi connectivity index (χ4v) is 4.63. The van der Waals surface area contributed by atoms with Crippen molar-refractivity contribution in [1.82, 2.24) is 5.32 Å². The van der Waals surface area contributed by atoms with E-state index in [4.69, 9.17) is 4.74 Å². The second kappa shape index (κ2) is 14.5. The van der Waals surface area contributed by atoms with Crippen molar-refractivity contribution in [3.05, 3.63) is 126 Å². The summed E-state index contributed by atoms with van der Waals surface area (Å²) in [6.07, 6.45) is 1.56. The van der Waals surface area contributed by atoms with Gasteiger partial charge in [-0.1, -0.05) is 42.5 Å². The van der Waals surface area contributed by atoms with Gasteiger partial charge in [-0.2, -0.15) is 0 Å². The maximum absolute atomic E-state index is 13.4. The first-order valence-electron chi connectivity index (χ1n) is 13.0. The van der Waals surface area contributed by atoms with Crippen molar-refractivity contribution in [3.63, 3.8) is 0 Å². The molecule has 0 unspecified atom stereocenters. The molecule has 0 aromatic heterocycles. The molecule has 4 aromatic rings. The smallest absolute Gasteiger partial charge is 0.272 e. The minimum atomic E-state index is -0.529. The third kappa shape index (κ3) is 8.42. The van der Waals surface area contributed by atoms with Gasteiger partial charge in [0.15, 0.2) is 5.78 Å². The Morgan fingerprint density at radius 2 is 1.48 bits per heavy atom. The predicted molar refractivity (Wildman–Crippen MR) is 166 cm³/mol. The van der Waals surface area contributed by atoms with Crippen LogP contribution in [0.1, 0.15) is 33.2 Å². The summed E-state index contributed by atoms with van der Waals surface area (Å²) in [6, 6.07) is 29.5. The molecule has 0 heterocycles. The molecule has 3 N–H and O–H groups in total. The number of ketones is 1. The minimum absolute atomic E-state index is 0.0292. The van der Waals surface area contributed by atoms with Crippen LogP contribution in [-0.4, -0.2) is 36.4 Å². The highest BCUT2D eigenvalue weighted by Gasteiger charge is 2.16. The summed E-state index contributed by atoms with van der Waals surface area (Å²) in [5.41, 5.74) is 2.71. The monoisotopic (exact) mass is 579 g/mol. The fourth-order valence-electron chi connectivity index (χ4n) is 3.88. The van der Waals surface area contributed by atoms with Crippen LogP contribution in [0.15, 0.2) is 114 Å².